The highest BCUT2D eigenvalue weighted by Crippen LogP contribution is 2.34. The third kappa shape index (κ3) is 3.70. The first-order valence-electron chi connectivity index (χ1n) is 7.54. The van der Waals surface area contributed by atoms with Gasteiger partial charge >= 0.3 is 6.18 Å². The van der Waals surface area contributed by atoms with Crippen molar-refractivity contribution in [2.24, 2.45) is 0 Å². The number of benzene rings is 1. The highest BCUT2D eigenvalue weighted by molar-refractivity contribution is 6.05. The van der Waals surface area contributed by atoms with Gasteiger partial charge in [-0.05, 0) is 18.2 Å². The molecule has 0 radical (unpaired) electrons. The van der Waals surface area contributed by atoms with Crippen molar-refractivity contribution in [1.29, 1.82) is 0 Å². The Kier molecular flexibility index (Phi) is 4.86. The van der Waals surface area contributed by atoms with Crippen molar-refractivity contribution in [3.05, 3.63) is 53.6 Å². The molecular formula is C16H11F4N5O3. The molecule has 0 unspecified atom stereocenters. The molecular weight excluding hydrogens is 386 g/mol. The molecule has 12 heteroatoms. The fourth-order valence-electron chi connectivity index (χ4n) is 2.29. The summed E-state index contributed by atoms with van der Waals surface area (Å²) < 4.78 is 59.2. The topological polar surface area (TPSA) is 102 Å². The molecule has 0 saturated carbocycles. The van der Waals surface area contributed by atoms with Gasteiger partial charge in [0.1, 0.15) is 11.6 Å². The molecule has 0 saturated heterocycles. The number of nitrogens with zero attached hydrogens (tertiary/aromatic N) is 4. The van der Waals surface area contributed by atoms with E-state index in [-0.39, 0.29) is 11.7 Å². The second kappa shape index (κ2) is 7.13. The molecule has 28 heavy (non-hydrogen) atoms. The Bertz CT molecular complexity index is 1020. The molecule has 0 bridgehead atoms. The lowest BCUT2D eigenvalue weighted by Gasteiger charge is -2.12. The standard InChI is InChI=1S/C16H11F4N5O3/c1-28-13-5-4-12(23-24-13)25-14(16(18,19)20)9(7-21-25)15(27)22-10-6-8(17)2-3-11(10)26/h2-7,26H,1H3,(H,22,27). The molecule has 1 aromatic carbocycles. The van der Waals surface area contributed by atoms with Crippen molar-refractivity contribution >= 4 is 11.6 Å². The van der Waals surface area contributed by atoms with Crippen molar-refractivity contribution in [1.82, 2.24) is 20.0 Å². The molecule has 0 fully saturated rings. The molecule has 2 N–H and O–H groups in total. The first-order valence-corrected chi connectivity index (χ1v) is 7.54. The number of amides is 1. The quantitative estimate of drug-likeness (QED) is 0.519. The third-order valence-electron chi connectivity index (χ3n) is 3.54. The molecule has 2 heterocycles. The fraction of sp³-hybridized carbons (Fsp3) is 0.125. The summed E-state index contributed by atoms with van der Waals surface area (Å²) in [5.74, 6) is -2.80. The number of carbonyl (C=O) groups is 1. The minimum atomic E-state index is -4.98. The van der Waals surface area contributed by atoms with Crippen LogP contribution in [0.1, 0.15) is 16.1 Å². The number of anilines is 1. The summed E-state index contributed by atoms with van der Waals surface area (Å²) in [4.78, 5) is 12.3. The second-order valence-electron chi connectivity index (χ2n) is 5.37. The van der Waals surface area contributed by atoms with E-state index in [0.29, 0.717) is 10.9 Å². The summed E-state index contributed by atoms with van der Waals surface area (Å²) in [5, 5.41) is 22.4. The van der Waals surface area contributed by atoms with Crippen molar-refractivity contribution in [3.8, 4) is 17.4 Å². The van der Waals surface area contributed by atoms with Crippen molar-refractivity contribution in [2.75, 3.05) is 12.4 Å². The zero-order valence-electron chi connectivity index (χ0n) is 14.0. The van der Waals surface area contributed by atoms with E-state index < -0.39 is 40.6 Å². The van der Waals surface area contributed by atoms with Gasteiger partial charge in [0.05, 0.1) is 24.6 Å². The van der Waals surface area contributed by atoms with Gasteiger partial charge in [-0.3, -0.25) is 4.79 Å². The van der Waals surface area contributed by atoms with Gasteiger partial charge in [0, 0.05) is 12.1 Å². The largest absolute Gasteiger partial charge is 0.506 e. The number of ether oxygens (including phenoxy) is 1. The maximum atomic E-state index is 13.6. The van der Waals surface area contributed by atoms with Crippen LogP contribution in [0.3, 0.4) is 0 Å². The fourth-order valence-corrected chi connectivity index (χ4v) is 2.29. The summed E-state index contributed by atoms with van der Waals surface area (Å²) in [6.07, 6.45) is -4.30. The van der Waals surface area contributed by atoms with Crippen LogP contribution in [0.25, 0.3) is 5.82 Å². The van der Waals surface area contributed by atoms with E-state index in [2.05, 4.69) is 15.3 Å². The van der Waals surface area contributed by atoms with Crippen LogP contribution in [0.15, 0.2) is 36.5 Å². The number of carbonyl (C=O) groups excluding carboxylic acids is 1. The molecule has 0 aliphatic rings. The highest BCUT2D eigenvalue weighted by atomic mass is 19.4. The summed E-state index contributed by atoms with van der Waals surface area (Å²) in [5.41, 5.74) is -2.66. The van der Waals surface area contributed by atoms with Gasteiger partial charge in [-0.15, -0.1) is 10.2 Å². The van der Waals surface area contributed by atoms with Crippen LogP contribution in [0, 0.1) is 5.82 Å². The lowest BCUT2D eigenvalue weighted by molar-refractivity contribution is -0.143. The van der Waals surface area contributed by atoms with Crippen LogP contribution in [0.2, 0.25) is 0 Å². The van der Waals surface area contributed by atoms with Crippen molar-refractivity contribution < 1.29 is 32.2 Å². The molecule has 8 nitrogen and oxygen atoms in total. The Morgan fingerprint density at radius 2 is 1.96 bits per heavy atom. The van der Waals surface area contributed by atoms with Crippen LogP contribution in [-0.2, 0) is 6.18 Å². The van der Waals surface area contributed by atoms with Gasteiger partial charge in [-0.25, -0.2) is 9.07 Å². The second-order valence-corrected chi connectivity index (χ2v) is 5.37. The summed E-state index contributed by atoms with van der Waals surface area (Å²) in [6.45, 7) is 0. The van der Waals surface area contributed by atoms with Gasteiger partial charge in [-0.2, -0.15) is 18.3 Å². The van der Waals surface area contributed by atoms with Crippen molar-refractivity contribution in [3.63, 3.8) is 0 Å². The first kappa shape index (κ1) is 19.1. The Hall–Kier alpha value is -3.70. The molecule has 3 rings (SSSR count). The molecule has 1 amide bonds. The Morgan fingerprint density at radius 3 is 2.57 bits per heavy atom. The van der Waals surface area contributed by atoms with Crippen LogP contribution in [0.5, 0.6) is 11.6 Å². The average molecular weight is 397 g/mol. The molecule has 146 valence electrons. The number of phenols is 1. The van der Waals surface area contributed by atoms with Crippen LogP contribution in [-0.4, -0.2) is 38.1 Å². The van der Waals surface area contributed by atoms with Gasteiger partial charge < -0.3 is 15.2 Å². The highest BCUT2D eigenvalue weighted by Gasteiger charge is 2.41. The number of nitrogens with one attached hydrogen (secondary N) is 1. The lowest BCUT2D eigenvalue weighted by atomic mass is 10.2. The van der Waals surface area contributed by atoms with E-state index in [9.17, 15) is 27.5 Å². The van der Waals surface area contributed by atoms with Gasteiger partial charge in [0.25, 0.3) is 5.91 Å². The van der Waals surface area contributed by atoms with E-state index in [0.717, 1.165) is 18.2 Å². The number of rotatable bonds is 4. The summed E-state index contributed by atoms with van der Waals surface area (Å²) in [7, 11) is 1.31. The predicted molar refractivity (Wildman–Crippen MR) is 86.7 cm³/mol. The molecule has 0 spiro atoms. The zero-order chi connectivity index (χ0) is 20.5. The summed E-state index contributed by atoms with van der Waals surface area (Å²) in [6, 6.07) is 5.08. The molecule has 0 atom stereocenters. The monoisotopic (exact) mass is 397 g/mol. The Balaban J connectivity index is 2.02. The number of aromatic nitrogens is 4. The number of hydrogen-bond donors (Lipinski definition) is 2. The van der Waals surface area contributed by atoms with E-state index >= 15 is 0 Å². The van der Waals surface area contributed by atoms with Gasteiger partial charge in [0.15, 0.2) is 11.5 Å². The number of aromatic hydroxyl groups is 1. The number of hydrogen-bond acceptors (Lipinski definition) is 6. The molecule has 2 aromatic heterocycles. The van der Waals surface area contributed by atoms with Crippen molar-refractivity contribution in [2.45, 2.75) is 6.18 Å². The minimum Gasteiger partial charge on any atom is -0.506 e. The van der Waals surface area contributed by atoms with E-state index in [1.54, 1.807) is 0 Å². The first-order chi connectivity index (χ1) is 13.2. The number of alkyl halides is 3. The number of methoxy groups -OCH3 is 1. The van der Waals surface area contributed by atoms with E-state index in [1.807, 2.05) is 5.32 Å². The van der Waals surface area contributed by atoms with Crippen LogP contribution < -0.4 is 10.1 Å². The number of halogens is 4. The van der Waals surface area contributed by atoms with E-state index in [1.165, 1.54) is 19.2 Å². The Labute approximate surface area is 154 Å². The van der Waals surface area contributed by atoms with Gasteiger partial charge in [0.2, 0.25) is 5.88 Å². The van der Waals surface area contributed by atoms with E-state index in [4.69, 9.17) is 4.74 Å². The molecule has 3 aromatic rings. The van der Waals surface area contributed by atoms with Crippen LogP contribution >= 0.6 is 0 Å². The van der Waals surface area contributed by atoms with Gasteiger partial charge in [-0.1, -0.05) is 0 Å². The molecule has 0 aliphatic carbocycles. The number of phenolic OH excluding ortho intramolecular Hbond substituents is 1. The smallest absolute Gasteiger partial charge is 0.434 e. The normalized spacial score (nSPS) is 11.3. The minimum absolute atomic E-state index is 0.0732. The Morgan fingerprint density at radius 1 is 1.21 bits per heavy atom. The lowest BCUT2D eigenvalue weighted by Crippen LogP contribution is -2.21. The zero-order valence-corrected chi connectivity index (χ0v) is 14.0. The predicted octanol–water partition coefficient (Wildman–Crippen LogP) is 2.79. The average Bonchev–Trinajstić information content (AvgIpc) is 3.10. The maximum Gasteiger partial charge on any atom is 0.434 e. The SMILES string of the molecule is COc1ccc(-n2ncc(C(=O)Nc3cc(F)ccc3O)c2C(F)(F)F)nn1. The van der Waals surface area contributed by atoms with Crippen LogP contribution in [0.4, 0.5) is 23.2 Å². The summed E-state index contributed by atoms with van der Waals surface area (Å²) >= 11 is 0. The molecule has 0 aliphatic heterocycles. The third-order valence-corrected chi connectivity index (χ3v) is 3.54. The maximum absolute atomic E-state index is 13.6.